The maximum absolute atomic E-state index is 14.1. The maximum atomic E-state index is 14.1. The summed E-state index contributed by atoms with van der Waals surface area (Å²) in [7, 11) is 0. The number of hydrogen-bond donors (Lipinski definition) is 1. The van der Waals surface area contributed by atoms with Gasteiger partial charge in [0.05, 0.1) is 23.0 Å². The van der Waals surface area contributed by atoms with Crippen LogP contribution in [-0.4, -0.2) is 46.0 Å². The Morgan fingerprint density at radius 2 is 1.94 bits per heavy atom. The van der Waals surface area contributed by atoms with Crippen molar-refractivity contribution in [1.29, 1.82) is 0 Å². The number of anilines is 1. The number of aldehydes is 1. The molecule has 33 heavy (non-hydrogen) atoms. The Hall–Kier alpha value is -2.58. The molecular formula is C24H29ClFN3O4. The lowest BCUT2D eigenvalue weighted by Crippen LogP contribution is -2.39. The van der Waals surface area contributed by atoms with Crippen LogP contribution in [0.3, 0.4) is 0 Å². The second kappa shape index (κ2) is 9.35. The van der Waals surface area contributed by atoms with Crippen LogP contribution < -0.4 is 4.90 Å². The molecule has 1 fully saturated rings. The molecule has 1 saturated heterocycles. The van der Waals surface area contributed by atoms with E-state index in [1.165, 1.54) is 12.3 Å². The van der Waals surface area contributed by atoms with Crippen molar-refractivity contribution in [1.82, 2.24) is 9.97 Å². The maximum Gasteiger partial charge on any atom is 0.337 e. The average molecular weight is 478 g/mol. The molecule has 0 bridgehead atoms. The minimum absolute atomic E-state index is 0.0177. The van der Waals surface area contributed by atoms with E-state index in [1.807, 2.05) is 4.90 Å². The van der Waals surface area contributed by atoms with Crippen LogP contribution in [0.15, 0.2) is 18.5 Å². The molecule has 7 nitrogen and oxygen atoms in total. The molecule has 1 atom stereocenters. The van der Waals surface area contributed by atoms with Gasteiger partial charge in [-0.25, -0.2) is 14.2 Å². The third kappa shape index (κ3) is 5.68. The van der Waals surface area contributed by atoms with Gasteiger partial charge in [-0.3, -0.25) is 9.78 Å². The molecule has 2 aromatic rings. The molecule has 0 radical (unpaired) electrons. The first-order valence-corrected chi connectivity index (χ1v) is 11.2. The average Bonchev–Trinajstić information content (AvgIpc) is 2.70. The number of carbonyl (C=O) groups excluding carboxylic acids is 1. The van der Waals surface area contributed by atoms with Crippen LogP contribution in [0, 0.1) is 11.2 Å². The van der Waals surface area contributed by atoms with Gasteiger partial charge in [-0.2, -0.15) is 0 Å². The zero-order chi connectivity index (χ0) is 24.6. The zero-order valence-electron chi connectivity index (χ0n) is 19.5. The van der Waals surface area contributed by atoms with Gasteiger partial charge >= 0.3 is 5.97 Å². The highest BCUT2D eigenvalue weighted by molar-refractivity contribution is 6.31. The van der Waals surface area contributed by atoms with E-state index >= 15 is 0 Å². The predicted octanol–water partition coefficient (Wildman–Crippen LogP) is 5.32. The van der Waals surface area contributed by atoms with Gasteiger partial charge in [0.1, 0.15) is 16.7 Å². The first kappa shape index (κ1) is 25.1. The Kier molecular flexibility index (Phi) is 7.10. The number of carboxylic acids is 1. The lowest BCUT2D eigenvalue weighted by molar-refractivity contribution is -0.160. The number of aromatic nitrogens is 2. The summed E-state index contributed by atoms with van der Waals surface area (Å²) in [5.74, 6) is -1.83. The Balaban J connectivity index is 2.35. The van der Waals surface area contributed by atoms with Crippen molar-refractivity contribution < 1.29 is 23.8 Å². The topological polar surface area (TPSA) is 92.6 Å². The minimum Gasteiger partial charge on any atom is -0.479 e. The number of carboxylic acid groups (broad SMARTS) is 1. The van der Waals surface area contributed by atoms with Gasteiger partial charge in [0, 0.05) is 30.4 Å². The Bertz CT molecular complexity index is 1060. The number of pyridine rings is 2. The third-order valence-corrected chi connectivity index (χ3v) is 5.97. The van der Waals surface area contributed by atoms with Crippen LogP contribution in [-0.2, 0) is 9.53 Å². The Morgan fingerprint density at radius 1 is 1.30 bits per heavy atom. The number of piperidine rings is 1. The molecule has 0 amide bonds. The number of nitrogens with zero attached hydrogens (tertiary/aromatic N) is 3. The lowest BCUT2D eigenvalue weighted by atomic mass is 9.82. The first-order valence-electron chi connectivity index (χ1n) is 10.8. The molecule has 0 unspecified atom stereocenters. The van der Waals surface area contributed by atoms with E-state index in [-0.39, 0.29) is 21.8 Å². The summed E-state index contributed by atoms with van der Waals surface area (Å²) in [6, 6.07) is 1.24. The van der Waals surface area contributed by atoms with Crippen molar-refractivity contribution in [3.8, 4) is 11.1 Å². The van der Waals surface area contributed by atoms with Crippen molar-refractivity contribution in [2.24, 2.45) is 5.41 Å². The minimum atomic E-state index is -1.45. The number of hydrogen-bond acceptors (Lipinski definition) is 6. The molecule has 3 rings (SSSR count). The van der Waals surface area contributed by atoms with Crippen LogP contribution in [0.25, 0.3) is 11.1 Å². The molecule has 1 N–H and O–H groups in total. The highest BCUT2D eigenvalue weighted by Crippen LogP contribution is 2.45. The summed E-state index contributed by atoms with van der Waals surface area (Å²) in [4.78, 5) is 34.5. The lowest BCUT2D eigenvalue weighted by Gasteiger charge is -2.41. The Morgan fingerprint density at radius 3 is 2.45 bits per heavy atom. The fourth-order valence-corrected chi connectivity index (χ4v) is 4.26. The molecular weight excluding hydrogens is 449 g/mol. The first-order chi connectivity index (χ1) is 15.3. The zero-order valence-corrected chi connectivity index (χ0v) is 20.2. The van der Waals surface area contributed by atoms with E-state index in [0.717, 1.165) is 19.0 Å². The third-order valence-electron chi connectivity index (χ3n) is 5.69. The standard InChI is InChI=1S/C24H29ClFN3O4/c1-23(2,3)33-20(22(31)32)18-19(29-8-6-24(4,5)7-9-29)17(16(13-30)28-21(18)25)14-10-15(26)12-27-11-14/h10-13,20H,6-9H2,1-5H3,(H,31,32)/t20-/m0/s1. The molecule has 0 aromatic carbocycles. The second-order valence-electron chi connectivity index (χ2n) is 10.0. The quantitative estimate of drug-likeness (QED) is 0.444. The van der Waals surface area contributed by atoms with Gasteiger partial charge in [-0.15, -0.1) is 0 Å². The number of ether oxygens (including phenoxy) is 1. The van der Waals surface area contributed by atoms with Gasteiger partial charge in [0.2, 0.25) is 0 Å². The van der Waals surface area contributed by atoms with Crippen molar-refractivity contribution in [2.45, 2.75) is 59.2 Å². The van der Waals surface area contributed by atoms with Crippen molar-refractivity contribution in [3.63, 3.8) is 0 Å². The van der Waals surface area contributed by atoms with Gasteiger partial charge in [0.25, 0.3) is 0 Å². The summed E-state index contributed by atoms with van der Waals surface area (Å²) >= 11 is 6.52. The van der Waals surface area contributed by atoms with E-state index in [0.29, 0.717) is 36.2 Å². The van der Waals surface area contributed by atoms with Gasteiger partial charge in [-0.05, 0) is 45.1 Å². The van der Waals surface area contributed by atoms with Gasteiger partial charge in [0.15, 0.2) is 12.4 Å². The normalized spacial score (nSPS) is 17.0. The van der Waals surface area contributed by atoms with Crippen LogP contribution in [0.2, 0.25) is 5.15 Å². The molecule has 1 aliphatic heterocycles. The molecule has 0 aliphatic carbocycles. The van der Waals surface area contributed by atoms with E-state index in [1.54, 1.807) is 20.8 Å². The largest absolute Gasteiger partial charge is 0.479 e. The molecule has 178 valence electrons. The molecule has 3 heterocycles. The van der Waals surface area contributed by atoms with E-state index < -0.39 is 23.5 Å². The molecule has 1 aliphatic rings. The van der Waals surface area contributed by atoms with E-state index in [4.69, 9.17) is 16.3 Å². The Labute approximate surface area is 197 Å². The van der Waals surface area contributed by atoms with Crippen molar-refractivity contribution >= 4 is 29.5 Å². The number of carbonyl (C=O) groups is 2. The van der Waals surface area contributed by atoms with E-state index in [9.17, 15) is 19.1 Å². The summed E-state index contributed by atoms with van der Waals surface area (Å²) in [6.07, 6.45) is 3.23. The molecule has 0 saturated carbocycles. The summed E-state index contributed by atoms with van der Waals surface area (Å²) < 4.78 is 20.0. The van der Waals surface area contributed by atoms with Crippen LogP contribution in [0.1, 0.15) is 69.6 Å². The molecule has 0 spiro atoms. The fraction of sp³-hybridized carbons (Fsp3) is 0.500. The van der Waals surface area contributed by atoms with Crippen LogP contribution in [0.4, 0.5) is 10.1 Å². The van der Waals surface area contributed by atoms with E-state index in [2.05, 4.69) is 23.8 Å². The second-order valence-corrected chi connectivity index (χ2v) is 10.4. The SMILES string of the molecule is CC1(C)CCN(c2c(-c3cncc(F)c3)c(C=O)nc(Cl)c2[C@H](OC(C)(C)C)C(=O)O)CC1. The number of aliphatic carboxylic acids is 1. The number of rotatable bonds is 6. The number of halogens is 2. The molecule has 9 heteroatoms. The van der Waals surface area contributed by atoms with Crippen molar-refractivity contribution in [2.75, 3.05) is 18.0 Å². The van der Waals surface area contributed by atoms with Gasteiger partial charge < -0.3 is 14.7 Å². The summed E-state index contributed by atoms with van der Waals surface area (Å²) in [5.41, 5.74) is 0.436. The van der Waals surface area contributed by atoms with Gasteiger partial charge in [-0.1, -0.05) is 25.4 Å². The van der Waals surface area contributed by atoms with Crippen molar-refractivity contribution in [3.05, 3.63) is 40.7 Å². The summed E-state index contributed by atoms with van der Waals surface area (Å²) in [5, 5.41) is 9.94. The highest BCUT2D eigenvalue weighted by atomic mass is 35.5. The predicted molar refractivity (Wildman–Crippen MR) is 124 cm³/mol. The summed E-state index contributed by atoms with van der Waals surface area (Å²) in [6.45, 7) is 10.7. The monoisotopic (exact) mass is 477 g/mol. The van der Waals surface area contributed by atoms with Crippen LogP contribution in [0.5, 0.6) is 0 Å². The smallest absolute Gasteiger partial charge is 0.337 e. The van der Waals surface area contributed by atoms with Crippen LogP contribution >= 0.6 is 11.6 Å². The fourth-order valence-electron chi connectivity index (χ4n) is 3.98. The highest BCUT2D eigenvalue weighted by Gasteiger charge is 2.37. The molecule has 2 aromatic heterocycles.